The number of fused-ring (bicyclic) bond motifs is 1. The second kappa shape index (κ2) is 8.03. The molecule has 0 unspecified atom stereocenters. The Morgan fingerprint density at radius 2 is 2.00 bits per heavy atom. The third-order valence-electron chi connectivity index (χ3n) is 4.67. The molecule has 0 saturated carbocycles. The molecule has 0 saturated heterocycles. The number of benzene rings is 2. The van der Waals surface area contributed by atoms with Crippen LogP contribution in [0.5, 0.6) is 11.5 Å². The minimum absolute atomic E-state index is 0.205. The highest BCUT2D eigenvalue weighted by Gasteiger charge is 2.16. The Labute approximate surface area is 163 Å². The predicted molar refractivity (Wildman–Crippen MR) is 106 cm³/mol. The number of nitrogens with zero attached hydrogens (tertiary/aromatic N) is 2. The van der Waals surface area contributed by atoms with Gasteiger partial charge in [0, 0.05) is 37.1 Å². The molecule has 1 N–H and O–H groups in total. The molecule has 1 atom stereocenters. The number of hydrogen-bond donors (Lipinski definition) is 1. The van der Waals surface area contributed by atoms with Crippen molar-refractivity contribution in [2.75, 3.05) is 13.2 Å². The van der Waals surface area contributed by atoms with E-state index >= 15 is 0 Å². The molecule has 1 aliphatic heterocycles. The van der Waals surface area contributed by atoms with Crippen LogP contribution < -0.4 is 14.8 Å². The van der Waals surface area contributed by atoms with E-state index in [1.54, 1.807) is 12.5 Å². The number of halogens is 1. The molecule has 1 aliphatic rings. The van der Waals surface area contributed by atoms with Gasteiger partial charge in [-0.25, -0.2) is 4.98 Å². The van der Waals surface area contributed by atoms with Crippen LogP contribution in [0, 0.1) is 0 Å². The van der Waals surface area contributed by atoms with Crippen molar-refractivity contribution in [3.05, 3.63) is 71.3 Å². The molecule has 0 aliphatic carbocycles. The molecule has 5 nitrogen and oxygen atoms in total. The summed E-state index contributed by atoms with van der Waals surface area (Å²) in [5.41, 5.74) is 3.39. The third kappa shape index (κ3) is 4.10. The lowest BCUT2D eigenvalue weighted by Gasteiger charge is -2.16. The molecule has 6 heteroatoms. The van der Waals surface area contributed by atoms with Gasteiger partial charge in [-0.15, -0.1) is 0 Å². The van der Waals surface area contributed by atoms with Gasteiger partial charge in [-0.05, 0) is 42.3 Å². The van der Waals surface area contributed by atoms with Crippen LogP contribution in [0.4, 0.5) is 0 Å². The first-order chi connectivity index (χ1) is 13.2. The number of nitrogens with one attached hydrogen (secondary N) is 1. The largest absolute Gasteiger partial charge is 0.489 e. The molecule has 0 spiro atoms. The van der Waals surface area contributed by atoms with Crippen LogP contribution in [0.2, 0.25) is 5.02 Å². The average Bonchev–Trinajstić information content (AvgIpc) is 3.12. The first-order valence-corrected chi connectivity index (χ1v) is 9.48. The van der Waals surface area contributed by atoms with Crippen molar-refractivity contribution in [1.82, 2.24) is 14.9 Å². The standard InChI is InChI=1S/C21H22ClN3O2/c1-15(17-3-5-18(6-4-17)25-8-7-23-14-25)24-13-16-11-19(22)21-20(12-16)26-9-2-10-27-21/h3-8,11-12,14-15,24H,2,9-10,13H2,1H3/t15-/m1/s1. The van der Waals surface area contributed by atoms with Crippen LogP contribution in [0.1, 0.15) is 30.5 Å². The highest BCUT2D eigenvalue weighted by molar-refractivity contribution is 6.32. The van der Waals surface area contributed by atoms with Gasteiger partial charge >= 0.3 is 0 Å². The summed E-state index contributed by atoms with van der Waals surface area (Å²) in [6, 6.07) is 12.6. The van der Waals surface area contributed by atoms with E-state index in [-0.39, 0.29) is 6.04 Å². The topological polar surface area (TPSA) is 48.3 Å². The molecule has 2 heterocycles. The summed E-state index contributed by atoms with van der Waals surface area (Å²) in [6.07, 6.45) is 6.37. The van der Waals surface area contributed by atoms with Gasteiger partial charge in [0.25, 0.3) is 0 Å². The van der Waals surface area contributed by atoms with Crippen molar-refractivity contribution in [1.29, 1.82) is 0 Å². The van der Waals surface area contributed by atoms with Gasteiger partial charge in [0.05, 0.1) is 24.6 Å². The Morgan fingerprint density at radius 1 is 1.19 bits per heavy atom. The predicted octanol–water partition coefficient (Wildman–Crippen LogP) is 4.54. The Kier molecular flexibility index (Phi) is 5.32. The normalized spacial score (nSPS) is 14.6. The fourth-order valence-corrected chi connectivity index (χ4v) is 3.41. The summed E-state index contributed by atoms with van der Waals surface area (Å²) in [5.74, 6) is 1.38. The van der Waals surface area contributed by atoms with Gasteiger partial charge in [-0.2, -0.15) is 0 Å². The minimum Gasteiger partial charge on any atom is -0.489 e. The maximum atomic E-state index is 6.38. The Balaban J connectivity index is 1.42. The Morgan fingerprint density at radius 3 is 2.78 bits per heavy atom. The fraction of sp³-hybridized carbons (Fsp3) is 0.286. The molecule has 140 valence electrons. The van der Waals surface area contributed by atoms with E-state index in [4.69, 9.17) is 21.1 Å². The van der Waals surface area contributed by atoms with Gasteiger partial charge in [0.15, 0.2) is 11.5 Å². The summed E-state index contributed by atoms with van der Waals surface area (Å²) in [7, 11) is 0. The molecule has 2 aromatic carbocycles. The maximum Gasteiger partial charge on any atom is 0.179 e. The third-order valence-corrected chi connectivity index (χ3v) is 4.95. The Bertz CT molecular complexity index is 895. The van der Waals surface area contributed by atoms with Crippen LogP contribution in [-0.2, 0) is 6.54 Å². The molecule has 27 heavy (non-hydrogen) atoms. The SMILES string of the molecule is C[C@@H](NCc1cc(Cl)c2c(c1)OCCCO2)c1ccc(-n2ccnc2)cc1. The number of aromatic nitrogens is 2. The van der Waals surface area contributed by atoms with Crippen LogP contribution in [0.3, 0.4) is 0 Å². The van der Waals surface area contributed by atoms with Crippen molar-refractivity contribution in [3.8, 4) is 17.2 Å². The molecule has 0 radical (unpaired) electrons. The van der Waals surface area contributed by atoms with Crippen LogP contribution in [0.15, 0.2) is 55.1 Å². The molecule has 0 fully saturated rings. The van der Waals surface area contributed by atoms with Crippen molar-refractivity contribution < 1.29 is 9.47 Å². The van der Waals surface area contributed by atoms with E-state index in [1.807, 2.05) is 22.9 Å². The van der Waals surface area contributed by atoms with E-state index in [9.17, 15) is 0 Å². The summed E-state index contributed by atoms with van der Waals surface area (Å²) in [6.45, 7) is 4.13. The van der Waals surface area contributed by atoms with Gasteiger partial charge in [-0.3, -0.25) is 0 Å². The zero-order valence-corrected chi connectivity index (χ0v) is 15.9. The Hall–Kier alpha value is -2.50. The number of hydrogen-bond acceptors (Lipinski definition) is 4. The average molecular weight is 384 g/mol. The summed E-state index contributed by atoms with van der Waals surface area (Å²) < 4.78 is 13.4. The van der Waals surface area contributed by atoms with Gasteiger partial charge < -0.3 is 19.4 Å². The monoisotopic (exact) mass is 383 g/mol. The summed E-state index contributed by atoms with van der Waals surface area (Å²) in [4.78, 5) is 4.08. The highest BCUT2D eigenvalue weighted by atomic mass is 35.5. The lowest BCUT2D eigenvalue weighted by Crippen LogP contribution is -2.18. The second-order valence-electron chi connectivity index (χ2n) is 6.62. The second-order valence-corrected chi connectivity index (χ2v) is 7.03. The van der Waals surface area contributed by atoms with Crippen LogP contribution >= 0.6 is 11.6 Å². The van der Waals surface area contributed by atoms with Crippen molar-refractivity contribution in [2.24, 2.45) is 0 Å². The summed E-state index contributed by atoms with van der Waals surface area (Å²) in [5, 5.41) is 4.15. The molecule has 1 aromatic heterocycles. The van der Waals surface area contributed by atoms with Gasteiger partial charge in [0.1, 0.15) is 0 Å². The van der Waals surface area contributed by atoms with E-state index in [1.165, 1.54) is 5.56 Å². The smallest absolute Gasteiger partial charge is 0.179 e. The lowest BCUT2D eigenvalue weighted by atomic mass is 10.1. The molecule has 0 amide bonds. The van der Waals surface area contributed by atoms with Gasteiger partial charge in [-0.1, -0.05) is 23.7 Å². The van der Waals surface area contributed by atoms with Crippen molar-refractivity contribution in [2.45, 2.75) is 25.9 Å². The molecule has 0 bridgehead atoms. The van der Waals surface area contributed by atoms with Crippen LogP contribution in [-0.4, -0.2) is 22.8 Å². The number of ether oxygens (including phenoxy) is 2. The van der Waals surface area contributed by atoms with Gasteiger partial charge in [0.2, 0.25) is 0 Å². The van der Waals surface area contributed by atoms with E-state index < -0.39 is 0 Å². The number of imidazole rings is 1. The molecular formula is C21H22ClN3O2. The first-order valence-electron chi connectivity index (χ1n) is 9.10. The maximum absolute atomic E-state index is 6.38. The molecular weight excluding hydrogens is 362 g/mol. The highest BCUT2D eigenvalue weighted by Crippen LogP contribution is 2.38. The van der Waals surface area contributed by atoms with Crippen LogP contribution in [0.25, 0.3) is 5.69 Å². The van der Waals surface area contributed by atoms with E-state index in [0.717, 1.165) is 23.4 Å². The molecule has 3 aromatic rings. The number of rotatable bonds is 5. The summed E-state index contributed by atoms with van der Waals surface area (Å²) >= 11 is 6.38. The molecule has 4 rings (SSSR count). The fourth-order valence-electron chi connectivity index (χ4n) is 3.12. The van der Waals surface area contributed by atoms with E-state index in [0.29, 0.717) is 30.5 Å². The zero-order valence-electron chi connectivity index (χ0n) is 15.2. The first kappa shape index (κ1) is 17.9. The zero-order chi connectivity index (χ0) is 18.6. The quantitative estimate of drug-likeness (QED) is 0.702. The van der Waals surface area contributed by atoms with Crippen molar-refractivity contribution >= 4 is 11.6 Å². The van der Waals surface area contributed by atoms with E-state index in [2.05, 4.69) is 41.5 Å². The minimum atomic E-state index is 0.205. The van der Waals surface area contributed by atoms with Crippen molar-refractivity contribution in [3.63, 3.8) is 0 Å². The lowest BCUT2D eigenvalue weighted by molar-refractivity contribution is 0.297.